The molecule has 0 saturated carbocycles. The van der Waals surface area contributed by atoms with Crippen molar-refractivity contribution in [3.05, 3.63) is 20.8 Å². The minimum Gasteiger partial charge on any atom is -0.428 e. The van der Waals surface area contributed by atoms with Crippen LogP contribution < -0.4 is 5.73 Å². The van der Waals surface area contributed by atoms with Crippen LogP contribution in [-0.4, -0.2) is 65.1 Å². The zero-order valence-electron chi connectivity index (χ0n) is 13.4. The fourth-order valence-electron chi connectivity index (χ4n) is 0. The largest absolute Gasteiger partial charge is 3.00 e. The Morgan fingerprint density at radius 1 is 0.700 bits per heavy atom. The Hall–Kier alpha value is 0.474. The van der Waals surface area contributed by atoms with E-state index in [1.54, 1.807) is 20.8 Å². The van der Waals surface area contributed by atoms with E-state index in [-0.39, 0.29) is 54.8 Å². The van der Waals surface area contributed by atoms with Crippen molar-refractivity contribution in [3.63, 3.8) is 0 Å². The smallest absolute Gasteiger partial charge is 0.428 e. The van der Waals surface area contributed by atoms with Gasteiger partial charge in [-0.25, -0.2) is 0 Å². The van der Waals surface area contributed by atoms with Gasteiger partial charge in [0.2, 0.25) is 0 Å². The Bertz CT molecular complexity index is 52.4. The van der Waals surface area contributed by atoms with Gasteiger partial charge in [0, 0.05) is 19.8 Å². The summed E-state index contributed by atoms with van der Waals surface area (Å²) in [7, 11) is 0. The molecule has 0 aromatic carbocycles. The summed E-state index contributed by atoms with van der Waals surface area (Å²) < 4.78 is 0. The fourth-order valence-corrected chi connectivity index (χ4v) is 0. The van der Waals surface area contributed by atoms with Crippen LogP contribution in [-0.2, 0) is 21.7 Å². The molecule has 127 valence electrons. The van der Waals surface area contributed by atoms with Gasteiger partial charge in [-0.15, -0.1) is 0 Å². The molecule has 0 aromatic rings. The normalized spacial score (nSPS) is 6.00. The maximum atomic E-state index is 7.57. The quantitative estimate of drug-likeness (QED) is 0.291. The van der Waals surface area contributed by atoms with Gasteiger partial charge in [-0.2, -0.15) is 6.42 Å². The van der Waals surface area contributed by atoms with E-state index in [1.807, 2.05) is 0 Å². The SMILES string of the molecule is CCO.CCO.CCO.[CH2-]CCN.[CH2-]CO.[CH2-]CO.[Ti+3]. The Labute approximate surface area is 140 Å². The summed E-state index contributed by atoms with van der Waals surface area (Å²) in [5, 5.41) is 37.6. The first kappa shape index (κ1) is 42.8. The van der Waals surface area contributed by atoms with Crippen molar-refractivity contribution in [1.82, 2.24) is 0 Å². The second kappa shape index (κ2) is 119. The van der Waals surface area contributed by atoms with Crippen LogP contribution in [0.15, 0.2) is 0 Å². The van der Waals surface area contributed by atoms with E-state index in [2.05, 4.69) is 20.8 Å². The maximum Gasteiger partial charge on any atom is 3.00 e. The van der Waals surface area contributed by atoms with Crippen molar-refractivity contribution in [2.45, 2.75) is 27.2 Å². The third-order valence-electron chi connectivity index (χ3n) is 0.204. The van der Waals surface area contributed by atoms with Crippen molar-refractivity contribution >= 4 is 0 Å². The van der Waals surface area contributed by atoms with Crippen LogP contribution in [0.25, 0.3) is 0 Å². The molecule has 1 radical (unpaired) electrons. The van der Waals surface area contributed by atoms with E-state index in [9.17, 15) is 0 Å². The van der Waals surface area contributed by atoms with Crippen molar-refractivity contribution < 1.29 is 47.3 Å². The van der Waals surface area contributed by atoms with E-state index >= 15 is 0 Å². The molecule has 0 spiro atoms. The molecule has 0 aliphatic carbocycles. The van der Waals surface area contributed by atoms with Gasteiger partial charge in [0.05, 0.1) is 0 Å². The minimum atomic E-state index is 0. The van der Waals surface area contributed by atoms with Crippen molar-refractivity contribution in [3.8, 4) is 0 Å². The number of hydrogen-bond acceptors (Lipinski definition) is 6. The molecule has 0 unspecified atom stereocenters. The summed E-state index contributed by atoms with van der Waals surface area (Å²) in [6, 6.07) is 0. The van der Waals surface area contributed by atoms with Crippen LogP contribution >= 0.6 is 0 Å². The van der Waals surface area contributed by atoms with Crippen molar-refractivity contribution in [1.29, 1.82) is 0 Å². The van der Waals surface area contributed by atoms with Crippen LogP contribution in [0.3, 0.4) is 0 Å². The molecular formula is C13H36NO5Ti. The summed E-state index contributed by atoms with van der Waals surface area (Å²) in [4.78, 5) is 0. The van der Waals surface area contributed by atoms with Gasteiger partial charge < -0.3 is 52.0 Å². The van der Waals surface area contributed by atoms with Crippen molar-refractivity contribution in [2.24, 2.45) is 5.73 Å². The minimum absolute atomic E-state index is 0. The van der Waals surface area contributed by atoms with Gasteiger partial charge in [0.15, 0.2) is 0 Å². The standard InChI is InChI=1S/C3H8N.3C2H6O.2C2H5O.Ti/c1-2-3-4;5*1-2-3;/h1-4H2;3*3H,2H2,1H3;2*3H,1-2H2;/q-1;;;;2*-1;+3. The van der Waals surface area contributed by atoms with Crippen LogP contribution in [0, 0.1) is 20.8 Å². The summed E-state index contributed by atoms with van der Waals surface area (Å²) in [5.41, 5.74) is 4.97. The first-order chi connectivity index (χ1) is 8.99. The summed E-state index contributed by atoms with van der Waals surface area (Å²) in [6.07, 6.45) is 0.847. The average Bonchev–Trinajstić information content (AvgIpc) is 2.34. The molecule has 0 rings (SSSR count). The van der Waals surface area contributed by atoms with Gasteiger partial charge in [-0.1, -0.05) is 13.2 Å². The Morgan fingerprint density at radius 2 is 0.750 bits per heavy atom. The third-order valence-corrected chi connectivity index (χ3v) is 0.204. The molecule has 0 heterocycles. The van der Waals surface area contributed by atoms with E-state index < -0.39 is 0 Å². The molecule has 0 atom stereocenters. The number of hydrogen-bond donors (Lipinski definition) is 6. The molecule has 0 aliphatic rings. The first-order valence-electron chi connectivity index (χ1n) is 6.11. The summed E-state index contributed by atoms with van der Waals surface area (Å²) in [5.74, 6) is 0. The van der Waals surface area contributed by atoms with Gasteiger partial charge in [-0.3, -0.25) is 0 Å². The molecule has 7 heteroatoms. The van der Waals surface area contributed by atoms with Gasteiger partial charge in [0.25, 0.3) is 0 Å². The fraction of sp³-hybridized carbons (Fsp3) is 0.769. The van der Waals surface area contributed by atoms with Crippen LogP contribution in [0.2, 0.25) is 0 Å². The number of rotatable bonds is 1. The zero-order valence-corrected chi connectivity index (χ0v) is 14.9. The van der Waals surface area contributed by atoms with Gasteiger partial charge >= 0.3 is 21.7 Å². The number of nitrogens with two attached hydrogens (primary N) is 1. The number of aliphatic hydroxyl groups is 5. The zero-order chi connectivity index (χ0) is 16.9. The molecule has 20 heavy (non-hydrogen) atoms. The Morgan fingerprint density at radius 3 is 0.750 bits per heavy atom. The van der Waals surface area contributed by atoms with Gasteiger partial charge in [0.1, 0.15) is 0 Å². The van der Waals surface area contributed by atoms with Gasteiger partial charge in [-0.05, 0) is 27.3 Å². The van der Waals surface area contributed by atoms with E-state index in [0.717, 1.165) is 6.42 Å². The second-order valence-corrected chi connectivity index (χ2v) is 2.04. The van der Waals surface area contributed by atoms with Crippen molar-refractivity contribution in [2.75, 3.05) is 39.6 Å². The Kier molecular flexibility index (Phi) is 254. The molecule has 0 fully saturated rings. The summed E-state index contributed by atoms with van der Waals surface area (Å²) >= 11 is 0. The summed E-state index contributed by atoms with van der Waals surface area (Å²) in [6.45, 7) is 16.1. The first-order valence-corrected chi connectivity index (χ1v) is 6.11. The molecule has 0 aromatic heterocycles. The monoisotopic (exact) mass is 334 g/mol. The van der Waals surface area contributed by atoms with Crippen LogP contribution in [0.4, 0.5) is 0 Å². The predicted octanol–water partition coefficient (Wildman–Crippen LogP) is -0.212. The molecule has 0 bridgehead atoms. The molecule has 7 N–H and O–H groups in total. The van der Waals surface area contributed by atoms with E-state index in [4.69, 9.17) is 31.3 Å². The van der Waals surface area contributed by atoms with Crippen LogP contribution in [0.1, 0.15) is 27.2 Å². The molecule has 6 nitrogen and oxygen atoms in total. The second-order valence-electron chi connectivity index (χ2n) is 2.04. The molecule has 0 saturated heterocycles. The van der Waals surface area contributed by atoms with Crippen LogP contribution in [0.5, 0.6) is 0 Å². The average molecular weight is 334 g/mol. The molecule has 0 amide bonds. The molecular weight excluding hydrogens is 298 g/mol. The van der Waals surface area contributed by atoms with E-state index in [1.165, 1.54) is 0 Å². The van der Waals surface area contributed by atoms with E-state index in [0.29, 0.717) is 6.54 Å². The number of aliphatic hydroxyl groups excluding tert-OH is 5. The topological polar surface area (TPSA) is 127 Å². The predicted molar refractivity (Wildman–Crippen MR) is 82.2 cm³/mol. The Balaban J connectivity index is -0.0000000202. The maximum absolute atomic E-state index is 7.57. The molecule has 0 aliphatic heterocycles. The third kappa shape index (κ3) is 2600.